The first-order chi connectivity index (χ1) is 16.9. The van der Waals surface area contributed by atoms with Gasteiger partial charge in [0.25, 0.3) is 11.5 Å². The molecule has 0 aliphatic heterocycles. The van der Waals surface area contributed by atoms with E-state index in [1.54, 1.807) is 50.3 Å². The second-order valence-corrected chi connectivity index (χ2v) is 7.72. The molecule has 0 saturated heterocycles. The minimum Gasteiger partial charge on any atom is -0.490 e. The summed E-state index contributed by atoms with van der Waals surface area (Å²) >= 11 is 0. The number of carbonyl (C=O) groups is 1. The van der Waals surface area contributed by atoms with E-state index in [-0.39, 0.29) is 5.82 Å². The molecule has 0 aliphatic carbocycles. The zero-order valence-corrected chi connectivity index (χ0v) is 19.4. The Morgan fingerprint density at radius 3 is 2.71 bits per heavy atom. The van der Waals surface area contributed by atoms with E-state index in [4.69, 9.17) is 9.47 Å². The van der Waals surface area contributed by atoms with Gasteiger partial charge >= 0.3 is 0 Å². The number of nitrogens with zero attached hydrogens (tertiary/aromatic N) is 5. The summed E-state index contributed by atoms with van der Waals surface area (Å²) < 4.78 is 27.8. The topological polar surface area (TPSA) is 125 Å². The van der Waals surface area contributed by atoms with Crippen LogP contribution in [0.15, 0.2) is 54.0 Å². The van der Waals surface area contributed by atoms with Gasteiger partial charge in [-0.2, -0.15) is 5.10 Å². The number of carbonyl (C=O) groups excluding carboxylic acids is 1. The lowest BCUT2D eigenvalue weighted by atomic mass is 10.1. The lowest BCUT2D eigenvalue weighted by Crippen LogP contribution is -2.38. The molecule has 4 rings (SSSR count). The second kappa shape index (κ2) is 10.3. The summed E-state index contributed by atoms with van der Waals surface area (Å²) in [6.07, 6.45) is 7.79. The van der Waals surface area contributed by atoms with Crippen LogP contribution in [0.4, 0.5) is 10.2 Å². The van der Waals surface area contributed by atoms with Crippen LogP contribution in [0.1, 0.15) is 13.0 Å². The summed E-state index contributed by atoms with van der Waals surface area (Å²) in [5.41, 5.74) is 6.18. The predicted octanol–water partition coefficient (Wildman–Crippen LogP) is 2.06. The van der Waals surface area contributed by atoms with Gasteiger partial charge in [0.15, 0.2) is 11.6 Å². The van der Waals surface area contributed by atoms with Crippen LogP contribution >= 0.6 is 0 Å². The number of anilines is 1. The van der Waals surface area contributed by atoms with E-state index < -0.39 is 23.3 Å². The first-order valence-corrected chi connectivity index (χ1v) is 10.7. The quantitative estimate of drug-likeness (QED) is 0.275. The molecule has 4 heterocycles. The highest BCUT2D eigenvalue weighted by Gasteiger charge is 2.18. The summed E-state index contributed by atoms with van der Waals surface area (Å²) in [7, 11) is 3.32. The van der Waals surface area contributed by atoms with E-state index >= 15 is 0 Å². The molecule has 11 nitrogen and oxygen atoms in total. The van der Waals surface area contributed by atoms with Gasteiger partial charge in [0.05, 0.1) is 29.9 Å². The Kier molecular flexibility index (Phi) is 7.01. The third-order valence-corrected chi connectivity index (χ3v) is 5.29. The summed E-state index contributed by atoms with van der Waals surface area (Å²) in [5, 5.41) is 4.35. The van der Waals surface area contributed by atoms with Gasteiger partial charge in [-0.05, 0) is 25.1 Å². The van der Waals surface area contributed by atoms with Crippen LogP contribution in [0.25, 0.3) is 22.0 Å². The largest absolute Gasteiger partial charge is 0.490 e. The number of amides is 1. The average molecular weight is 481 g/mol. The molecule has 2 N–H and O–H groups in total. The first kappa shape index (κ1) is 23.8. The SMILES string of the molecule is COCCOc1cnc2ccn(C(C)C(=O)NNc3ncc(-c4cnn(C)c4)cc3F)c(=O)c2c1. The summed E-state index contributed by atoms with van der Waals surface area (Å²) in [6.45, 7) is 2.25. The van der Waals surface area contributed by atoms with Crippen LogP contribution in [0.2, 0.25) is 0 Å². The number of pyridine rings is 3. The van der Waals surface area contributed by atoms with Crippen molar-refractivity contribution in [2.75, 3.05) is 25.7 Å². The molecule has 12 heteroatoms. The van der Waals surface area contributed by atoms with Crippen molar-refractivity contribution >= 4 is 22.6 Å². The van der Waals surface area contributed by atoms with Gasteiger partial charge in [-0.3, -0.25) is 30.1 Å². The fourth-order valence-corrected chi connectivity index (χ4v) is 3.35. The summed E-state index contributed by atoms with van der Waals surface area (Å²) in [6, 6.07) is 3.58. The molecule has 0 radical (unpaired) electrons. The summed E-state index contributed by atoms with van der Waals surface area (Å²) in [4.78, 5) is 34.0. The maximum atomic E-state index is 14.5. The van der Waals surface area contributed by atoms with Crippen molar-refractivity contribution in [3.63, 3.8) is 0 Å². The van der Waals surface area contributed by atoms with E-state index in [9.17, 15) is 14.0 Å². The van der Waals surface area contributed by atoms with E-state index in [0.29, 0.717) is 41.0 Å². The molecule has 1 unspecified atom stereocenters. The molecule has 0 fully saturated rings. The smallest absolute Gasteiger partial charge is 0.261 e. The van der Waals surface area contributed by atoms with E-state index in [1.165, 1.54) is 29.2 Å². The number of hydrazine groups is 1. The van der Waals surface area contributed by atoms with Gasteiger partial charge in [-0.25, -0.2) is 9.37 Å². The molecule has 1 amide bonds. The average Bonchev–Trinajstić information content (AvgIpc) is 3.29. The predicted molar refractivity (Wildman–Crippen MR) is 126 cm³/mol. The van der Waals surface area contributed by atoms with E-state index in [0.717, 1.165) is 0 Å². The van der Waals surface area contributed by atoms with Crippen molar-refractivity contribution in [3.8, 4) is 16.9 Å². The normalized spacial score (nSPS) is 11.9. The molecule has 4 aromatic rings. The summed E-state index contributed by atoms with van der Waals surface area (Å²) in [5.74, 6) is -0.968. The second-order valence-electron chi connectivity index (χ2n) is 7.72. The van der Waals surface area contributed by atoms with Gasteiger partial charge in [0.2, 0.25) is 0 Å². The van der Waals surface area contributed by atoms with Gasteiger partial charge < -0.3 is 14.0 Å². The molecule has 0 spiro atoms. The third kappa shape index (κ3) is 5.27. The highest BCUT2D eigenvalue weighted by Crippen LogP contribution is 2.21. The fraction of sp³-hybridized carbons (Fsp3) is 0.261. The number of ether oxygens (including phenoxy) is 2. The maximum absolute atomic E-state index is 14.5. The van der Waals surface area contributed by atoms with Crippen molar-refractivity contribution in [3.05, 3.63) is 65.4 Å². The van der Waals surface area contributed by atoms with Crippen molar-refractivity contribution in [2.45, 2.75) is 13.0 Å². The number of aryl methyl sites for hydroxylation is 1. The van der Waals surface area contributed by atoms with Crippen LogP contribution in [0, 0.1) is 5.82 Å². The minimum atomic E-state index is -0.907. The van der Waals surface area contributed by atoms with Gasteiger partial charge in [-0.1, -0.05) is 0 Å². The number of nitrogens with one attached hydrogen (secondary N) is 2. The van der Waals surface area contributed by atoms with E-state index in [2.05, 4.69) is 25.9 Å². The zero-order valence-electron chi connectivity index (χ0n) is 19.4. The van der Waals surface area contributed by atoms with Crippen LogP contribution in [-0.4, -0.2) is 50.5 Å². The lowest BCUT2D eigenvalue weighted by molar-refractivity contribution is -0.123. The Hall–Kier alpha value is -4.32. The highest BCUT2D eigenvalue weighted by molar-refractivity contribution is 5.83. The standard InChI is InChI=1S/C23H24FN7O4/c1-14(31-5-4-20-18(23(31)33)9-17(12-25-20)35-7-6-34-3)22(32)29-28-21-19(24)8-15(10-26-21)16-11-27-30(2)13-16/h4-5,8-14H,6-7H2,1-3H3,(H,26,28)(H,29,32). The molecule has 35 heavy (non-hydrogen) atoms. The Labute approximate surface area is 199 Å². The van der Waals surface area contributed by atoms with Gasteiger partial charge in [-0.15, -0.1) is 0 Å². The minimum absolute atomic E-state index is 0.161. The van der Waals surface area contributed by atoms with Crippen LogP contribution < -0.4 is 21.1 Å². The van der Waals surface area contributed by atoms with Gasteiger partial charge in [0, 0.05) is 43.9 Å². The Morgan fingerprint density at radius 2 is 2.00 bits per heavy atom. The zero-order chi connectivity index (χ0) is 24.9. The fourth-order valence-electron chi connectivity index (χ4n) is 3.35. The molecule has 182 valence electrons. The van der Waals surface area contributed by atoms with Crippen molar-refractivity contribution in [2.24, 2.45) is 7.05 Å². The molecule has 4 aromatic heterocycles. The third-order valence-electron chi connectivity index (χ3n) is 5.29. The molecule has 0 bridgehead atoms. The molecule has 0 saturated carbocycles. The van der Waals surface area contributed by atoms with Crippen LogP contribution in [0.3, 0.4) is 0 Å². The van der Waals surface area contributed by atoms with Crippen LogP contribution in [0.5, 0.6) is 5.75 Å². The van der Waals surface area contributed by atoms with Crippen LogP contribution in [-0.2, 0) is 16.6 Å². The Balaban J connectivity index is 1.46. The van der Waals surface area contributed by atoms with Crippen molar-refractivity contribution in [1.82, 2.24) is 29.7 Å². The maximum Gasteiger partial charge on any atom is 0.261 e. The molecule has 0 aliphatic rings. The Morgan fingerprint density at radius 1 is 1.17 bits per heavy atom. The highest BCUT2D eigenvalue weighted by atomic mass is 19.1. The Bertz CT molecular complexity index is 1420. The number of hydrogen-bond donors (Lipinski definition) is 2. The lowest BCUT2D eigenvalue weighted by Gasteiger charge is -2.17. The van der Waals surface area contributed by atoms with E-state index in [1.807, 2.05) is 0 Å². The number of rotatable bonds is 9. The number of methoxy groups -OCH3 is 1. The number of halogens is 1. The van der Waals surface area contributed by atoms with Crippen molar-refractivity contribution in [1.29, 1.82) is 0 Å². The number of aromatic nitrogens is 5. The van der Waals surface area contributed by atoms with Crippen molar-refractivity contribution < 1.29 is 18.7 Å². The molecular weight excluding hydrogens is 457 g/mol. The first-order valence-electron chi connectivity index (χ1n) is 10.7. The molecular formula is C23H24FN7O4. The number of fused-ring (bicyclic) bond motifs is 1. The molecule has 0 aromatic carbocycles. The molecule has 1 atom stereocenters. The monoisotopic (exact) mass is 481 g/mol. The van der Waals surface area contributed by atoms with Gasteiger partial charge in [0.1, 0.15) is 18.4 Å². The number of hydrogen-bond acceptors (Lipinski definition) is 8.